The lowest BCUT2D eigenvalue weighted by Crippen LogP contribution is -2.29. The molecule has 4 rings (SSSR count). The standard InChI is InChI=1S/C21H25N3O4S/c1-13-8-15-9-14(4-5-18(15)28-13)17-12-29-21(22-17)23-20(26)16-10-19(25)24(11-16)6-3-7-27-2/h4-5,9,12-13,16H,3,6-8,10-11H2,1-2H3,(H,22,23,26)/t13-,16+/m1/s1. The van der Waals surface area contributed by atoms with Gasteiger partial charge in [-0.2, -0.15) is 0 Å². The summed E-state index contributed by atoms with van der Waals surface area (Å²) < 4.78 is 10.8. The van der Waals surface area contributed by atoms with Gasteiger partial charge < -0.3 is 19.7 Å². The molecule has 2 amide bonds. The number of ether oxygens (including phenoxy) is 2. The predicted molar refractivity (Wildman–Crippen MR) is 111 cm³/mol. The topological polar surface area (TPSA) is 80.8 Å². The molecule has 0 bridgehead atoms. The van der Waals surface area contributed by atoms with Crippen molar-refractivity contribution in [3.63, 3.8) is 0 Å². The van der Waals surface area contributed by atoms with Crippen molar-refractivity contribution >= 4 is 28.3 Å². The largest absolute Gasteiger partial charge is 0.490 e. The van der Waals surface area contributed by atoms with Crippen LogP contribution in [0.2, 0.25) is 0 Å². The molecule has 2 atom stereocenters. The number of aromatic nitrogens is 1. The van der Waals surface area contributed by atoms with Crippen LogP contribution in [0.4, 0.5) is 5.13 Å². The lowest BCUT2D eigenvalue weighted by atomic mass is 10.1. The van der Waals surface area contributed by atoms with Crippen molar-refractivity contribution in [2.75, 3.05) is 32.1 Å². The first-order chi connectivity index (χ1) is 14.0. The van der Waals surface area contributed by atoms with Gasteiger partial charge in [-0.15, -0.1) is 11.3 Å². The number of likely N-dealkylation sites (tertiary alicyclic amines) is 1. The van der Waals surface area contributed by atoms with Crippen LogP contribution in [0.5, 0.6) is 5.75 Å². The van der Waals surface area contributed by atoms with E-state index in [1.54, 1.807) is 12.0 Å². The molecule has 2 aromatic rings. The van der Waals surface area contributed by atoms with Gasteiger partial charge in [-0.1, -0.05) is 0 Å². The molecular weight excluding hydrogens is 390 g/mol. The summed E-state index contributed by atoms with van der Waals surface area (Å²) in [5.41, 5.74) is 3.03. The highest BCUT2D eigenvalue weighted by molar-refractivity contribution is 7.14. The third kappa shape index (κ3) is 4.43. The Balaban J connectivity index is 1.36. The van der Waals surface area contributed by atoms with Gasteiger partial charge in [0.25, 0.3) is 0 Å². The summed E-state index contributed by atoms with van der Waals surface area (Å²) in [4.78, 5) is 31.0. The van der Waals surface area contributed by atoms with Gasteiger partial charge in [0, 0.05) is 50.6 Å². The molecule has 1 aromatic heterocycles. The van der Waals surface area contributed by atoms with Crippen LogP contribution in [0.3, 0.4) is 0 Å². The van der Waals surface area contributed by atoms with Gasteiger partial charge in [-0.3, -0.25) is 9.59 Å². The summed E-state index contributed by atoms with van der Waals surface area (Å²) in [7, 11) is 1.64. The molecule has 0 radical (unpaired) electrons. The molecule has 154 valence electrons. The van der Waals surface area contributed by atoms with Gasteiger partial charge in [0.05, 0.1) is 11.6 Å². The van der Waals surface area contributed by atoms with E-state index in [1.165, 1.54) is 16.9 Å². The SMILES string of the molecule is COCCCN1C[C@@H](C(=O)Nc2nc(-c3ccc4c(c3)C[C@@H](C)O4)cs2)CC1=O. The molecule has 1 aromatic carbocycles. The van der Waals surface area contributed by atoms with Crippen molar-refractivity contribution in [3.05, 3.63) is 29.1 Å². The summed E-state index contributed by atoms with van der Waals surface area (Å²) in [6, 6.07) is 6.08. The normalized spacial score (nSPS) is 20.6. The quantitative estimate of drug-likeness (QED) is 0.703. The zero-order chi connectivity index (χ0) is 20.4. The van der Waals surface area contributed by atoms with Crippen molar-refractivity contribution in [3.8, 4) is 17.0 Å². The zero-order valence-corrected chi connectivity index (χ0v) is 17.5. The van der Waals surface area contributed by atoms with E-state index in [0.29, 0.717) is 24.8 Å². The first-order valence-corrected chi connectivity index (χ1v) is 10.7. The van der Waals surface area contributed by atoms with Crippen LogP contribution in [0.15, 0.2) is 23.6 Å². The number of hydrogen-bond donors (Lipinski definition) is 1. The summed E-state index contributed by atoms with van der Waals surface area (Å²) in [5.74, 6) is 0.474. The maximum Gasteiger partial charge on any atom is 0.231 e. The van der Waals surface area contributed by atoms with Crippen LogP contribution in [-0.2, 0) is 20.7 Å². The van der Waals surface area contributed by atoms with Gasteiger partial charge in [0.15, 0.2) is 5.13 Å². The summed E-state index contributed by atoms with van der Waals surface area (Å²) >= 11 is 1.39. The lowest BCUT2D eigenvalue weighted by Gasteiger charge is -2.15. The van der Waals surface area contributed by atoms with Crippen LogP contribution < -0.4 is 10.1 Å². The van der Waals surface area contributed by atoms with Gasteiger partial charge in [0.1, 0.15) is 11.9 Å². The number of hydrogen-bond acceptors (Lipinski definition) is 6. The van der Waals surface area contributed by atoms with Gasteiger partial charge in [-0.05, 0) is 37.1 Å². The minimum absolute atomic E-state index is 0.0238. The number of carbonyl (C=O) groups is 2. The van der Waals surface area contributed by atoms with Crippen molar-refractivity contribution in [2.45, 2.75) is 32.3 Å². The second-order valence-corrected chi connectivity index (χ2v) is 8.43. The Morgan fingerprint density at radius 3 is 3.10 bits per heavy atom. The minimum Gasteiger partial charge on any atom is -0.490 e. The van der Waals surface area contributed by atoms with Crippen LogP contribution in [-0.4, -0.2) is 54.6 Å². The number of carbonyl (C=O) groups excluding carboxylic acids is 2. The maximum atomic E-state index is 12.6. The number of benzene rings is 1. The Morgan fingerprint density at radius 1 is 1.41 bits per heavy atom. The van der Waals surface area contributed by atoms with E-state index in [4.69, 9.17) is 9.47 Å². The Bertz CT molecular complexity index is 913. The third-order valence-corrected chi connectivity index (χ3v) is 6.05. The molecule has 3 heterocycles. The molecule has 2 aliphatic heterocycles. The van der Waals surface area contributed by atoms with Crippen LogP contribution >= 0.6 is 11.3 Å². The zero-order valence-electron chi connectivity index (χ0n) is 16.6. The van der Waals surface area contributed by atoms with Crippen molar-refractivity contribution in [2.24, 2.45) is 5.92 Å². The smallest absolute Gasteiger partial charge is 0.231 e. The van der Waals surface area contributed by atoms with E-state index < -0.39 is 0 Å². The maximum absolute atomic E-state index is 12.6. The fraction of sp³-hybridized carbons (Fsp3) is 0.476. The molecule has 1 fully saturated rings. The highest BCUT2D eigenvalue weighted by Crippen LogP contribution is 2.34. The number of nitrogens with one attached hydrogen (secondary N) is 1. The van der Waals surface area contributed by atoms with Crippen molar-refractivity contribution < 1.29 is 19.1 Å². The number of fused-ring (bicyclic) bond motifs is 1. The fourth-order valence-corrected chi connectivity index (χ4v) is 4.54. The second kappa shape index (κ2) is 8.51. The summed E-state index contributed by atoms with van der Waals surface area (Å²) in [5, 5.41) is 5.38. The molecule has 0 aliphatic carbocycles. The molecule has 2 aliphatic rings. The molecule has 29 heavy (non-hydrogen) atoms. The monoisotopic (exact) mass is 415 g/mol. The average Bonchev–Trinajstić information content (AvgIpc) is 3.39. The van der Waals surface area contributed by atoms with E-state index in [2.05, 4.69) is 23.3 Å². The highest BCUT2D eigenvalue weighted by atomic mass is 32.1. The van der Waals surface area contributed by atoms with Crippen LogP contribution in [0.25, 0.3) is 11.3 Å². The molecule has 8 heteroatoms. The highest BCUT2D eigenvalue weighted by Gasteiger charge is 2.34. The van der Waals surface area contributed by atoms with Gasteiger partial charge in [-0.25, -0.2) is 4.98 Å². The van der Waals surface area contributed by atoms with E-state index in [9.17, 15) is 9.59 Å². The summed E-state index contributed by atoms with van der Waals surface area (Å²) in [6.45, 7) is 3.74. The van der Waals surface area contributed by atoms with E-state index >= 15 is 0 Å². The molecule has 1 N–H and O–H groups in total. The Kier molecular flexibility index (Phi) is 5.82. The first-order valence-electron chi connectivity index (χ1n) is 9.86. The van der Waals surface area contributed by atoms with Crippen molar-refractivity contribution in [1.82, 2.24) is 9.88 Å². The van der Waals surface area contributed by atoms with Crippen LogP contribution in [0.1, 0.15) is 25.3 Å². The Hall–Kier alpha value is -2.45. The molecule has 0 spiro atoms. The van der Waals surface area contributed by atoms with E-state index in [0.717, 1.165) is 29.8 Å². The van der Waals surface area contributed by atoms with Gasteiger partial charge >= 0.3 is 0 Å². The van der Waals surface area contributed by atoms with E-state index in [1.807, 2.05) is 17.5 Å². The Labute approximate surface area is 174 Å². The molecular formula is C21H25N3O4S. The first kappa shape index (κ1) is 19.8. The summed E-state index contributed by atoms with van der Waals surface area (Å²) in [6.07, 6.45) is 2.12. The fourth-order valence-electron chi connectivity index (χ4n) is 3.82. The number of anilines is 1. The minimum atomic E-state index is -0.337. The van der Waals surface area contributed by atoms with Crippen LogP contribution in [0, 0.1) is 5.92 Å². The van der Waals surface area contributed by atoms with Crippen molar-refractivity contribution in [1.29, 1.82) is 0 Å². The number of nitrogens with zero attached hydrogens (tertiary/aromatic N) is 2. The second-order valence-electron chi connectivity index (χ2n) is 7.57. The number of amides is 2. The molecule has 7 nitrogen and oxygen atoms in total. The average molecular weight is 416 g/mol. The number of thiazole rings is 1. The number of methoxy groups -OCH3 is 1. The molecule has 0 unspecified atom stereocenters. The Morgan fingerprint density at radius 2 is 2.28 bits per heavy atom. The van der Waals surface area contributed by atoms with E-state index in [-0.39, 0.29) is 30.3 Å². The van der Waals surface area contributed by atoms with Gasteiger partial charge in [0.2, 0.25) is 11.8 Å². The predicted octanol–water partition coefficient (Wildman–Crippen LogP) is 2.96. The molecule has 1 saturated heterocycles. The third-order valence-electron chi connectivity index (χ3n) is 5.29. The lowest BCUT2D eigenvalue weighted by molar-refractivity contribution is -0.128. The number of rotatable bonds is 7. The molecule has 0 saturated carbocycles.